The molecule has 1 N–H and O–H groups in total. The van der Waals surface area contributed by atoms with Gasteiger partial charge in [-0.1, -0.05) is 6.42 Å². The lowest BCUT2D eigenvalue weighted by molar-refractivity contribution is -0.958. The van der Waals surface area contributed by atoms with Crippen LogP contribution in [-0.2, 0) is 20.3 Å². The number of aromatic nitrogens is 3. The van der Waals surface area contributed by atoms with Crippen molar-refractivity contribution in [2.75, 3.05) is 13.7 Å². The summed E-state index contributed by atoms with van der Waals surface area (Å²) in [6.07, 6.45) is 8.27. The Balaban J connectivity index is 1.43. The summed E-state index contributed by atoms with van der Waals surface area (Å²) in [7, 11) is 3.64. The first-order valence-electron chi connectivity index (χ1n) is 10.4. The lowest BCUT2D eigenvalue weighted by Gasteiger charge is -2.40. The molecule has 3 atom stereocenters. The van der Waals surface area contributed by atoms with Gasteiger partial charge in [-0.25, -0.2) is 0 Å². The first kappa shape index (κ1) is 19.5. The lowest BCUT2D eigenvalue weighted by Crippen LogP contribution is -3.17. The summed E-state index contributed by atoms with van der Waals surface area (Å²) in [6, 6.07) is 8.39. The third kappa shape index (κ3) is 4.10. The lowest BCUT2D eigenvalue weighted by atomic mass is 9.78. The van der Waals surface area contributed by atoms with E-state index in [-0.39, 0.29) is 0 Å². The molecule has 4 rings (SSSR count). The van der Waals surface area contributed by atoms with Crippen molar-refractivity contribution in [1.82, 2.24) is 14.3 Å². The summed E-state index contributed by atoms with van der Waals surface area (Å²) >= 11 is 5.67. The van der Waals surface area contributed by atoms with E-state index >= 15 is 0 Å². The number of piperidine rings is 1. The molecule has 1 saturated heterocycles. The summed E-state index contributed by atoms with van der Waals surface area (Å²) in [5.41, 5.74) is 0. The fourth-order valence-corrected chi connectivity index (χ4v) is 5.05. The number of ether oxygens (including phenoxy) is 2. The van der Waals surface area contributed by atoms with Gasteiger partial charge in [-0.3, -0.25) is 0 Å². The van der Waals surface area contributed by atoms with E-state index in [0.29, 0.717) is 6.61 Å². The molecule has 0 radical (unpaired) electrons. The second-order valence-corrected chi connectivity index (χ2v) is 8.45. The maximum Gasteiger partial charge on any atom is 0.202 e. The van der Waals surface area contributed by atoms with Crippen molar-refractivity contribution in [3.05, 3.63) is 34.9 Å². The van der Waals surface area contributed by atoms with Crippen molar-refractivity contribution < 1.29 is 14.4 Å². The molecule has 2 aliphatic rings. The second-order valence-electron chi connectivity index (χ2n) is 8.08. The molecule has 2 aromatic rings. The third-order valence-corrected chi connectivity index (χ3v) is 6.90. The average molecular weight is 404 g/mol. The smallest absolute Gasteiger partial charge is 0.202 e. The van der Waals surface area contributed by atoms with Crippen LogP contribution in [0, 0.1) is 10.7 Å². The van der Waals surface area contributed by atoms with Gasteiger partial charge in [0.2, 0.25) is 4.77 Å². The van der Waals surface area contributed by atoms with Gasteiger partial charge in [-0.05, 0) is 68.6 Å². The monoisotopic (exact) mass is 403 g/mol. The summed E-state index contributed by atoms with van der Waals surface area (Å²) < 4.78 is 15.9. The summed E-state index contributed by atoms with van der Waals surface area (Å²) in [5, 5.41) is 4.79. The Morgan fingerprint density at radius 2 is 1.82 bits per heavy atom. The molecule has 6 nitrogen and oxygen atoms in total. The number of hydrogen-bond acceptors (Lipinski definition) is 4. The average Bonchev–Trinajstić information content (AvgIpc) is 3.01. The van der Waals surface area contributed by atoms with E-state index in [1.54, 1.807) is 12.0 Å². The molecule has 1 aliphatic heterocycles. The van der Waals surface area contributed by atoms with Crippen LogP contribution in [0.15, 0.2) is 24.3 Å². The highest BCUT2D eigenvalue weighted by molar-refractivity contribution is 7.71. The summed E-state index contributed by atoms with van der Waals surface area (Å²) in [5.74, 6) is 3.37. The van der Waals surface area contributed by atoms with Gasteiger partial charge in [0.1, 0.15) is 18.1 Å². The fourth-order valence-electron chi connectivity index (χ4n) is 4.84. The Morgan fingerprint density at radius 1 is 1.11 bits per heavy atom. The van der Waals surface area contributed by atoms with Crippen LogP contribution in [0.5, 0.6) is 11.5 Å². The maximum absolute atomic E-state index is 5.91. The molecule has 1 aliphatic carbocycles. The molecule has 1 aromatic heterocycles. The Labute approximate surface area is 172 Å². The quantitative estimate of drug-likeness (QED) is 0.754. The van der Waals surface area contributed by atoms with Crippen LogP contribution < -0.4 is 14.4 Å². The Hall–Kier alpha value is -1.86. The minimum Gasteiger partial charge on any atom is -0.497 e. The van der Waals surface area contributed by atoms with Gasteiger partial charge in [0.15, 0.2) is 12.5 Å². The predicted molar refractivity (Wildman–Crippen MR) is 110 cm³/mol. The highest BCUT2D eigenvalue weighted by Gasteiger charge is 2.36. The van der Waals surface area contributed by atoms with Crippen molar-refractivity contribution in [3.8, 4) is 11.5 Å². The first-order valence-corrected chi connectivity index (χ1v) is 10.8. The number of nitrogens with one attached hydrogen (secondary N) is 1. The van der Waals surface area contributed by atoms with E-state index in [1.807, 2.05) is 40.6 Å². The van der Waals surface area contributed by atoms with Gasteiger partial charge in [0.05, 0.1) is 19.7 Å². The van der Waals surface area contributed by atoms with Crippen molar-refractivity contribution in [1.29, 1.82) is 0 Å². The highest BCUT2D eigenvalue weighted by Crippen LogP contribution is 2.28. The van der Waals surface area contributed by atoms with Crippen LogP contribution in [0.4, 0.5) is 0 Å². The van der Waals surface area contributed by atoms with Gasteiger partial charge in [0, 0.05) is 13.0 Å². The van der Waals surface area contributed by atoms with Gasteiger partial charge in [0.25, 0.3) is 0 Å². The molecular formula is C21H31N4O2S+. The third-order valence-electron chi connectivity index (χ3n) is 6.42. The molecule has 28 heavy (non-hydrogen) atoms. The Bertz CT molecular complexity index is 843. The maximum atomic E-state index is 5.91. The molecule has 2 heterocycles. The Kier molecular flexibility index (Phi) is 6.01. The first-order chi connectivity index (χ1) is 13.7. The van der Waals surface area contributed by atoms with Crippen LogP contribution in [-0.4, -0.2) is 34.0 Å². The number of fused-ring (bicyclic) bond motifs is 1. The minimum atomic E-state index is 0.404. The topological polar surface area (TPSA) is 45.6 Å². The van der Waals surface area contributed by atoms with Crippen LogP contribution in [0.25, 0.3) is 0 Å². The van der Waals surface area contributed by atoms with E-state index in [9.17, 15) is 0 Å². The zero-order chi connectivity index (χ0) is 19.5. The van der Waals surface area contributed by atoms with E-state index in [1.165, 1.54) is 45.1 Å². The van der Waals surface area contributed by atoms with Crippen molar-refractivity contribution in [3.63, 3.8) is 0 Å². The molecule has 1 unspecified atom stereocenters. The number of rotatable bonds is 6. The number of methoxy groups -OCH3 is 1. The normalized spacial score (nSPS) is 24.6. The fraction of sp³-hybridized carbons (Fsp3) is 0.619. The number of hydrogen-bond donors (Lipinski definition) is 1. The van der Waals surface area contributed by atoms with Gasteiger partial charge in [-0.15, -0.1) is 5.10 Å². The standard InChI is InChI=1S/C21H30N4O2S/c1-23-20(14-27-18-11-9-17(26-2)10-12-18)22-25(21(23)28)15-24-13-5-7-16-6-3-4-8-19(16)24/h9-12,16,19H,3-8,13-15H2,1-2H3/p+1/t16-,19-/m0/s1. The molecular weight excluding hydrogens is 372 g/mol. The van der Waals surface area contributed by atoms with E-state index in [0.717, 1.165) is 40.7 Å². The molecule has 0 amide bonds. The Morgan fingerprint density at radius 3 is 2.61 bits per heavy atom. The van der Waals surface area contributed by atoms with E-state index < -0.39 is 0 Å². The van der Waals surface area contributed by atoms with Crippen LogP contribution >= 0.6 is 12.2 Å². The van der Waals surface area contributed by atoms with E-state index in [2.05, 4.69) is 0 Å². The molecule has 152 valence electrons. The molecule has 0 spiro atoms. The summed E-state index contributed by atoms with van der Waals surface area (Å²) in [6.45, 7) is 2.51. The highest BCUT2D eigenvalue weighted by atomic mass is 32.1. The van der Waals surface area contributed by atoms with Crippen molar-refractivity contribution in [2.24, 2.45) is 13.0 Å². The van der Waals surface area contributed by atoms with Crippen LogP contribution in [0.1, 0.15) is 44.3 Å². The molecule has 1 saturated carbocycles. The largest absolute Gasteiger partial charge is 0.497 e. The number of likely N-dealkylation sites (tertiary alicyclic amines) is 1. The zero-order valence-corrected chi connectivity index (χ0v) is 17.7. The molecule has 1 aromatic carbocycles. The molecule has 2 fully saturated rings. The number of nitrogens with zero attached hydrogens (tertiary/aromatic N) is 3. The van der Waals surface area contributed by atoms with Gasteiger partial charge in [-0.2, -0.15) is 4.68 Å². The molecule has 7 heteroatoms. The predicted octanol–water partition coefficient (Wildman–Crippen LogP) is 2.73. The van der Waals surface area contributed by atoms with Crippen LogP contribution in [0.2, 0.25) is 0 Å². The number of benzene rings is 1. The SMILES string of the molecule is COc1ccc(OCc2nn(C[NH+]3CCC[C@@H]4CCCC[C@@H]43)c(=S)n2C)cc1. The van der Waals surface area contributed by atoms with Gasteiger partial charge >= 0.3 is 0 Å². The zero-order valence-electron chi connectivity index (χ0n) is 16.9. The number of quaternary nitrogens is 1. The second kappa shape index (κ2) is 8.66. The summed E-state index contributed by atoms with van der Waals surface area (Å²) in [4.78, 5) is 1.66. The van der Waals surface area contributed by atoms with E-state index in [4.69, 9.17) is 26.8 Å². The molecule has 0 bridgehead atoms. The van der Waals surface area contributed by atoms with Crippen molar-refractivity contribution in [2.45, 2.75) is 57.8 Å². The minimum absolute atomic E-state index is 0.404. The van der Waals surface area contributed by atoms with Gasteiger partial charge < -0.3 is 18.9 Å². The van der Waals surface area contributed by atoms with Crippen LogP contribution in [0.3, 0.4) is 0 Å². The van der Waals surface area contributed by atoms with Crippen molar-refractivity contribution >= 4 is 12.2 Å².